The molecule has 1 aliphatic rings. The van der Waals surface area contributed by atoms with Crippen LogP contribution < -0.4 is 5.56 Å². The molecule has 7 heteroatoms. The maximum Gasteiger partial charge on any atom is 0.252 e. The molecule has 0 radical (unpaired) electrons. The Kier molecular flexibility index (Phi) is 7.56. The second-order valence-electron chi connectivity index (χ2n) is 10.1. The summed E-state index contributed by atoms with van der Waals surface area (Å²) < 4.78 is 2.08. The number of aromatic amines is 1. The van der Waals surface area contributed by atoms with E-state index < -0.39 is 0 Å². The number of H-pyrrole nitrogens is 1. The smallest absolute Gasteiger partial charge is 0.252 e. The highest BCUT2D eigenvalue weighted by atomic mass is 16.1. The zero-order chi connectivity index (χ0) is 24.9. The summed E-state index contributed by atoms with van der Waals surface area (Å²) in [7, 11) is 0. The first kappa shape index (κ1) is 24.4. The van der Waals surface area contributed by atoms with Gasteiger partial charge in [-0.15, -0.1) is 5.10 Å². The van der Waals surface area contributed by atoms with E-state index in [0.717, 1.165) is 60.9 Å². The van der Waals surface area contributed by atoms with E-state index in [2.05, 4.69) is 80.3 Å². The molecule has 2 aromatic carbocycles. The van der Waals surface area contributed by atoms with Crippen LogP contribution in [0.2, 0.25) is 0 Å². The highest BCUT2D eigenvalue weighted by molar-refractivity contribution is 5.79. The number of fused-ring (bicyclic) bond motifs is 1. The number of benzene rings is 2. The predicted octanol–water partition coefficient (Wildman–Crippen LogP) is 5.52. The summed E-state index contributed by atoms with van der Waals surface area (Å²) in [6.45, 7) is 5.65. The number of aryl methyl sites for hydroxylation is 1. The molecule has 2 heterocycles. The summed E-state index contributed by atoms with van der Waals surface area (Å²) in [5.41, 5.74) is 4.10. The van der Waals surface area contributed by atoms with Crippen molar-refractivity contribution in [2.75, 3.05) is 6.54 Å². The molecule has 1 atom stereocenters. The van der Waals surface area contributed by atoms with Crippen molar-refractivity contribution in [2.24, 2.45) is 0 Å². The SMILES string of the molecule is CCC[C@H](c1nnnn1C1CCCC1)N(CCc1ccccc1)Cc1cc2cc(C)ccc2[nH]c1=O. The first-order chi connectivity index (χ1) is 17.6. The Labute approximate surface area is 212 Å². The van der Waals surface area contributed by atoms with E-state index in [1.165, 1.54) is 24.0 Å². The fraction of sp³-hybridized carbons (Fsp3) is 0.448. The lowest BCUT2D eigenvalue weighted by Crippen LogP contribution is -2.34. The van der Waals surface area contributed by atoms with Gasteiger partial charge in [0, 0.05) is 24.2 Å². The predicted molar refractivity (Wildman–Crippen MR) is 143 cm³/mol. The molecule has 1 aliphatic carbocycles. The molecule has 1 saturated carbocycles. The van der Waals surface area contributed by atoms with Crippen LogP contribution in [0.25, 0.3) is 10.9 Å². The highest BCUT2D eigenvalue weighted by Gasteiger charge is 2.30. The monoisotopic (exact) mass is 484 g/mol. The lowest BCUT2D eigenvalue weighted by molar-refractivity contribution is 0.163. The van der Waals surface area contributed by atoms with Gasteiger partial charge in [0.2, 0.25) is 0 Å². The van der Waals surface area contributed by atoms with Gasteiger partial charge < -0.3 is 4.98 Å². The van der Waals surface area contributed by atoms with Crippen molar-refractivity contribution in [2.45, 2.75) is 77.4 Å². The van der Waals surface area contributed by atoms with Crippen molar-refractivity contribution in [3.8, 4) is 0 Å². The molecular weight excluding hydrogens is 448 g/mol. The molecule has 7 nitrogen and oxygen atoms in total. The largest absolute Gasteiger partial charge is 0.322 e. The molecule has 1 fully saturated rings. The van der Waals surface area contributed by atoms with Crippen molar-refractivity contribution in [1.82, 2.24) is 30.1 Å². The van der Waals surface area contributed by atoms with Crippen LogP contribution in [-0.2, 0) is 13.0 Å². The molecule has 0 amide bonds. The molecular formula is C29H36N6O. The standard InChI is InChI=1S/C29H36N6O/c1-3-9-27(28-31-32-33-35(28)25-12-7-8-13-25)34(17-16-22-10-5-4-6-11-22)20-24-19-23-18-21(2)14-15-26(23)30-29(24)36/h4-6,10-11,14-15,18-19,25,27H,3,7-9,12-13,16-17,20H2,1-2H3,(H,30,36)/t27-/m1/s1. The van der Waals surface area contributed by atoms with Crippen LogP contribution >= 0.6 is 0 Å². The molecule has 0 unspecified atom stereocenters. The Morgan fingerprint density at radius 2 is 1.92 bits per heavy atom. The van der Waals surface area contributed by atoms with E-state index >= 15 is 0 Å². The first-order valence-corrected chi connectivity index (χ1v) is 13.3. The fourth-order valence-electron chi connectivity index (χ4n) is 5.55. The van der Waals surface area contributed by atoms with Crippen LogP contribution in [0, 0.1) is 6.92 Å². The van der Waals surface area contributed by atoms with E-state index in [1.807, 2.05) is 18.2 Å². The van der Waals surface area contributed by atoms with Crippen LogP contribution in [0.15, 0.2) is 59.4 Å². The number of hydrogen-bond acceptors (Lipinski definition) is 5. The lowest BCUT2D eigenvalue weighted by Gasteiger charge is -2.31. The quantitative estimate of drug-likeness (QED) is 0.320. The molecule has 188 valence electrons. The topological polar surface area (TPSA) is 79.7 Å². The van der Waals surface area contributed by atoms with Crippen molar-refractivity contribution in [3.05, 3.63) is 87.5 Å². The highest BCUT2D eigenvalue weighted by Crippen LogP contribution is 2.33. The maximum absolute atomic E-state index is 13.1. The molecule has 0 aliphatic heterocycles. The van der Waals surface area contributed by atoms with E-state index in [0.29, 0.717) is 12.6 Å². The summed E-state index contributed by atoms with van der Waals surface area (Å²) in [5, 5.41) is 14.2. The van der Waals surface area contributed by atoms with Crippen molar-refractivity contribution in [1.29, 1.82) is 0 Å². The number of tetrazole rings is 1. The Hall–Kier alpha value is -3.32. The Morgan fingerprint density at radius 1 is 1.11 bits per heavy atom. The average Bonchev–Trinajstić information content (AvgIpc) is 3.58. The zero-order valence-electron chi connectivity index (χ0n) is 21.4. The minimum atomic E-state index is -0.0262. The van der Waals surface area contributed by atoms with Crippen LogP contribution in [0.5, 0.6) is 0 Å². The zero-order valence-corrected chi connectivity index (χ0v) is 21.4. The lowest BCUT2D eigenvalue weighted by atomic mass is 10.0. The van der Waals surface area contributed by atoms with Crippen molar-refractivity contribution >= 4 is 10.9 Å². The van der Waals surface area contributed by atoms with Crippen molar-refractivity contribution in [3.63, 3.8) is 0 Å². The number of pyridine rings is 1. The minimum absolute atomic E-state index is 0.0262. The summed E-state index contributed by atoms with van der Waals surface area (Å²) in [5.74, 6) is 0.935. The number of hydrogen-bond donors (Lipinski definition) is 1. The summed E-state index contributed by atoms with van der Waals surface area (Å²) in [6, 6.07) is 19.2. The molecule has 2 aromatic heterocycles. The number of nitrogens with zero attached hydrogens (tertiary/aromatic N) is 5. The Bertz CT molecular complexity index is 1340. The second-order valence-corrected chi connectivity index (χ2v) is 10.1. The number of rotatable bonds is 10. The van der Waals surface area contributed by atoms with Gasteiger partial charge in [-0.05, 0) is 72.2 Å². The number of nitrogens with one attached hydrogen (secondary N) is 1. The molecule has 1 N–H and O–H groups in total. The van der Waals surface area contributed by atoms with Gasteiger partial charge in [0.05, 0.1) is 12.1 Å². The average molecular weight is 485 g/mol. The van der Waals surface area contributed by atoms with Crippen LogP contribution in [0.4, 0.5) is 0 Å². The third-order valence-corrected chi connectivity index (χ3v) is 7.47. The van der Waals surface area contributed by atoms with Gasteiger partial charge in [-0.25, -0.2) is 4.68 Å². The normalized spacial score (nSPS) is 15.2. The van der Waals surface area contributed by atoms with Crippen molar-refractivity contribution < 1.29 is 0 Å². The van der Waals surface area contributed by atoms with E-state index in [9.17, 15) is 4.79 Å². The Balaban J connectivity index is 1.51. The van der Waals surface area contributed by atoms with E-state index in [-0.39, 0.29) is 11.6 Å². The molecule has 36 heavy (non-hydrogen) atoms. The van der Waals surface area contributed by atoms with E-state index in [1.54, 1.807) is 0 Å². The number of aromatic nitrogens is 5. The molecule has 0 bridgehead atoms. The molecule has 5 rings (SSSR count). The first-order valence-electron chi connectivity index (χ1n) is 13.3. The maximum atomic E-state index is 13.1. The van der Waals surface area contributed by atoms with Gasteiger partial charge >= 0.3 is 0 Å². The fourth-order valence-corrected chi connectivity index (χ4v) is 5.55. The molecule has 0 spiro atoms. The summed E-state index contributed by atoms with van der Waals surface area (Å²) >= 11 is 0. The van der Waals surface area contributed by atoms with Crippen LogP contribution in [0.1, 0.15) is 80.0 Å². The molecule has 4 aromatic rings. The molecule has 0 saturated heterocycles. The van der Waals surface area contributed by atoms with E-state index in [4.69, 9.17) is 0 Å². The minimum Gasteiger partial charge on any atom is -0.322 e. The van der Waals surface area contributed by atoms with Gasteiger partial charge in [-0.2, -0.15) is 0 Å². The van der Waals surface area contributed by atoms with Crippen LogP contribution in [0.3, 0.4) is 0 Å². The van der Waals surface area contributed by atoms with Gasteiger partial charge in [0.15, 0.2) is 5.82 Å². The van der Waals surface area contributed by atoms with Gasteiger partial charge in [-0.1, -0.05) is 68.1 Å². The van der Waals surface area contributed by atoms with Gasteiger partial charge in [0.25, 0.3) is 5.56 Å². The van der Waals surface area contributed by atoms with Gasteiger partial charge in [-0.3, -0.25) is 9.69 Å². The summed E-state index contributed by atoms with van der Waals surface area (Å²) in [4.78, 5) is 18.7. The third kappa shape index (κ3) is 5.41. The van der Waals surface area contributed by atoms with Gasteiger partial charge in [0.1, 0.15) is 0 Å². The van der Waals surface area contributed by atoms with Crippen LogP contribution in [-0.4, -0.2) is 36.6 Å². The third-order valence-electron chi connectivity index (χ3n) is 7.47. The Morgan fingerprint density at radius 3 is 2.69 bits per heavy atom. The second kappa shape index (κ2) is 11.2. The summed E-state index contributed by atoms with van der Waals surface area (Å²) in [6.07, 6.45) is 7.56.